The van der Waals surface area contributed by atoms with Crippen molar-refractivity contribution >= 4 is 16.8 Å². The summed E-state index contributed by atoms with van der Waals surface area (Å²) in [5.41, 5.74) is 0.606. The first-order valence-electron chi connectivity index (χ1n) is 5.33. The van der Waals surface area contributed by atoms with E-state index in [1.54, 1.807) is 12.1 Å². The maximum absolute atomic E-state index is 12.1. The quantitative estimate of drug-likeness (QED) is 0.494. The van der Waals surface area contributed by atoms with Gasteiger partial charge in [0.1, 0.15) is 11.4 Å². The Morgan fingerprint density at radius 3 is 2.67 bits per heavy atom. The number of rotatable bonds is 2. The third kappa shape index (κ3) is 1.62. The number of ketones is 1. The molecule has 0 aliphatic carbocycles. The summed E-state index contributed by atoms with van der Waals surface area (Å²) in [6.07, 6.45) is 0. The van der Waals surface area contributed by atoms with Gasteiger partial charge >= 0.3 is 5.69 Å². The van der Waals surface area contributed by atoms with Crippen molar-refractivity contribution in [2.24, 2.45) is 0 Å². The van der Waals surface area contributed by atoms with Gasteiger partial charge in [-0.25, -0.2) is 0 Å². The van der Waals surface area contributed by atoms with Crippen LogP contribution in [0.15, 0.2) is 18.2 Å². The molecule has 0 saturated carbocycles. The summed E-state index contributed by atoms with van der Waals surface area (Å²) in [5.74, 6) is 0.0699. The van der Waals surface area contributed by atoms with Crippen LogP contribution in [0.3, 0.4) is 0 Å². The molecule has 2 rings (SSSR count). The lowest BCUT2D eigenvalue weighted by Crippen LogP contribution is -2.29. The van der Waals surface area contributed by atoms with Gasteiger partial charge in [0.25, 0.3) is 5.52 Å². The van der Waals surface area contributed by atoms with E-state index in [1.807, 2.05) is 0 Å². The van der Waals surface area contributed by atoms with Gasteiger partial charge in [0.05, 0.1) is 17.6 Å². The third-order valence-electron chi connectivity index (χ3n) is 2.83. The van der Waals surface area contributed by atoms with Crippen molar-refractivity contribution in [1.29, 1.82) is 0 Å². The Bertz CT molecular complexity index is 703. The molecule has 0 radical (unpaired) electrons. The van der Waals surface area contributed by atoms with E-state index in [-0.39, 0.29) is 16.9 Å². The maximum Gasteiger partial charge on any atom is 0.328 e. The molecule has 18 heavy (non-hydrogen) atoms. The number of aromatic nitrogens is 2. The van der Waals surface area contributed by atoms with Crippen molar-refractivity contribution in [3.05, 3.63) is 34.5 Å². The lowest BCUT2D eigenvalue weighted by atomic mass is 10.2. The maximum atomic E-state index is 12.1. The number of ether oxygens (including phenoxy) is 1. The zero-order valence-corrected chi connectivity index (χ0v) is 10.3. The number of carbonyl (C=O) groups excluding carboxylic acids is 1. The van der Waals surface area contributed by atoms with Crippen LogP contribution < -0.4 is 9.16 Å². The molecule has 1 N–H and O–H groups in total. The number of carbonyl (C=O) groups is 1. The molecule has 0 fully saturated rings. The minimum Gasteiger partial charge on any atom is -0.496 e. The topological polar surface area (TPSA) is 74.4 Å². The normalized spacial score (nSPS) is 10.6. The summed E-state index contributed by atoms with van der Waals surface area (Å²) in [6, 6.07) is 4.66. The summed E-state index contributed by atoms with van der Waals surface area (Å²) in [4.78, 5) is 23.6. The fraction of sp³-hybridized carbons (Fsp3) is 0.250. The molecule has 6 nitrogen and oxygen atoms in total. The molecule has 0 spiro atoms. The number of benzene rings is 1. The highest BCUT2D eigenvalue weighted by atomic mass is 16.5. The Morgan fingerprint density at radius 2 is 2.11 bits per heavy atom. The van der Waals surface area contributed by atoms with Crippen LogP contribution in [0.5, 0.6) is 5.75 Å². The average Bonchev–Trinajstić information content (AvgIpc) is 2.35. The van der Waals surface area contributed by atoms with E-state index in [9.17, 15) is 14.9 Å². The standard InChI is InChI=1S/C12H13N2O4/c1-7-12(8(2)15)14(17)11-6-9(18-3)4-5-10(11)13(7)16/h4-6,16H,1-3H3/q+1. The van der Waals surface area contributed by atoms with E-state index >= 15 is 0 Å². The number of fused-ring (bicyclic) bond motifs is 1. The second kappa shape index (κ2) is 4.14. The first-order chi connectivity index (χ1) is 8.47. The molecule has 1 heterocycles. The Hall–Kier alpha value is -2.37. The van der Waals surface area contributed by atoms with Crippen molar-refractivity contribution in [2.75, 3.05) is 7.11 Å². The zero-order valence-electron chi connectivity index (χ0n) is 10.3. The lowest BCUT2D eigenvalue weighted by molar-refractivity contribution is -0.468. The van der Waals surface area contributed by atoms with E-state index in [0.29, 0.717) is 15.7 Å². The summed E-state index contributed by atoms with van der Waals surface area (Å²) >= 11 is 0. The van der Waals surface area contributed by atoms with Crippen LogP contribution in [0.4, 0.5) is 0 Å². The van der Waals surface area contributed by atoms with Crippen LogP contribution in [0.25, 0.3) is 11.0 Å². The van der Waals surface area contributed by atoms with Crippen molar-refractivity contribution in [2.45, 2.75) is 13.8 Å². The van der Waals surface area contributed by atoms with Crippen LogP contribution in [0, 0.1) is 11.8 Å². The molecule has 0 unspecified atom stereocenters. The predicted molar refractivity (Wildman–Crippen MR) is 63.8 cm³/mol. The predicted octanol–water partition coefficient (Wildman–Crippen LogP) is 1.31. The highest BCUT2D eigenvalue weighted by Crippen LogP contribution is 2.19. The minimum absolute atomic E-state index is 0.0850. The molecular weight excluding hydrogens is 236 g/mol. The van der Waals surface area contributed by atoms with E-state index in [4.69, 9.17) is 4.74 Å². The molecule has 0 saturated heterocycles. The van der Waals surface area contributed by atoms with Gasteiger partial charge in [0, 0.05) is 11.8 Å². The molecule has 6 heteroatoms. The fourth-order valence-electron chi connectivity index (χ4n) is 1.92. The third-order valence-corrected chi connectivity index (χ3v) is 2.83. The molecule has 0 aliphatic heterocycles. The van der Waals surface area contributed by atoms with E-state index in [0.717, 1.165) is 4.73 Å². The van der Waals surface area contributed by atoms with Gasteiger partial charge in [-0.05, 0) is 19.1 Å². The zero-order chi connectivity index (χ0) is 13.4. The smallest absolute Gasteiger partial charge is 0.328 e. The van der Waals surface area contributed by atoms with Crippen molar-refractivity contribution < 1.29 is 19.2 Å². The molecule has 0 bridgehead atoms. The second-order valence-corrected chi connectivity index (χ2v) is 3.95. The molecule has 0 aliphatic rings. The van der Waals surface area contributed by atoms with Crippen LogP contribution in [0.2, 0.25) is 0 Å². The van der Waals surface area contributed by atoms with Crippen LogP contribution >= 0.6 is 0 Å². The Labute approximate surface area is 103 Å². The first kappa shape index (κ1) is 12.1. The Balaban J connectivity index is 2.99. The molecule has 1 aromatic carbocycles. The van der Waals surface area contributed by atoms with Crippen LogP contribution in [0.1, 0.15) is 23.1 Å². The number of Topliss-reactive ketones (excluding diaryl/α,β-unsaturated/α-hetero) is 1. The largest absolute Gasteiger partial charge is 0.496 e. The van der Waals surface area contributed by atoms with E-state index in [1.165, 1.54) is 27.0 Å². The molecular formula is C12H13N2O4+. The molecule has 1 aromatic heterocycles. The van der Waals surface area contributed by atoms with Gasteiger partial charge in [-0.1, -0.05) is 0 Å². The van der Waals surface area contributed by atoms with Gasteiger partial charge < -0.3 is 9.94 Å². The minimum atomic E-state index is -0.407. The van der Waals surface area contributed by atoms with Crippen LogP contribution in [-0.4, -0.2) is 22.8 Å². The lowest BCUT2D eigenvalue weighted by Gasteiger charge is -2.05. The van der Waals surface area contributed by atoms with Gasteiger partial charge in [-0.2, -0.15) is 4.73 Å². The Kier molecular flexibility index (Phi) is 2.78. The molecule has 94 valence electrons. The number of hydrogen-bond acceptors (Lipinski definition) is 4. The summed E-state index contributed by atoms with van der Waals surface area (Å²) in [5, 5.41) is 9.95. The van der Waals surface area contributed by atoms with Gasteiger partial charge in [0.15, 0.2) is 5.52 Å². The number of hydrogen-bond donors (Lipinski definition) is 1. The van der Waals surface area contributed by atoms with Crippen LogP contribution in [-0.2, 0) is 0 Å². The van der Waals surface area contributed by atoms with Crippen molar-refractivity contribution in [3.63, 3.8) is 0 Å². The first-order valence-corrected chi connectivity index (χ1v) is 5.33. The summed E-state index contributed by atoms with van der Waals surface area (Å²) in [6.45, 7) is 2.79. The molecule has 0 amide bonds. The van der Waals surface area contributed by atoms with Crippen molar-refractivity contribution in [3.8, 4) is 5.75 Å². The second-order valence-electron chi connectivity index (χ2n) is 3.95. The summed E-state index contributed by atoms with van der Waals surface area (Å²) < 4.78 is 6.37. The SMILES string of the molecule is COc1ccc2c(c1)[n+](=O)c(C(C)=O)c(C)n2O. The van der Waals surface area contributed by atoms with Gasteiger partial charge in [-0.15, -0.1) is 0 Å². The number of nitrogens with zero attached hydrogens (tertiary/aromatic N) is 2. The van der Waals surface area contributed by atoms with E-state index < -0.39 is 5.78 Å². The fourth-order valence-corrected chi connectivity index (χ4v) is 1.92. The van der Waals surface area contributed by atoms with Gasteiger partial charge in [0.2, 0.25) is 5.78 Å². The number of methoxy groups -OCH3 is 1. The summed E-state index contributed by atoms with van der Waals surface area (Å²) in [7, 11) is 1.48. The highest BCUT2D eigenvalue weighted by molar-refractivity contribution is 5.92. The highest BCUT2D eigenvalue weighted by Gasteiger charge is 2.26. The monoisotopic (exact) mass is 249 g/mol. The van der Waals surface area contributed by atoms with E-state index in [2.05, 4.69) is 0 Å². The Morgan fingerprint density at radius 1 is 1.44 bits per heavy atom. The molecule has 0 atom stereocenters. The van der Waals surface area contributed by atoms with Crippen molar-refractivity contribution in [1.82, 2.24) is 4.73 Å². The van der Waals surface area contributed by atoms with Gasteiger partial charge in [-0.3, -0.25) is 4.79 Å². The molecule has 2 aromatic rings. The average molecular weight is 249 g/mol.